The van der Waals surface area contributed by atoms with Gasteiger partial charge in [0.1, 0.15) is 5.82 Å². The molecule has 2 unspecified atom stereocenters. The number of amides is 1. The monoisotopic (exact) mass is 427 g/mol. The highest BCUT2D eigenvalue weighted by Crippen LogP contribution is 2.37. The SMILES string of the molecule is CC(c1ccc(F)c(F)c1)N(C)C(=O)C1CCCN(c2ncccc2C(F)(F)F)C1. The van der Waals surface area contributed by atoms with Gasteiger partial charge in [-0.1, -0.05) is 6.07 Å². The summed E-state index contributed by atoms with van der Waals surface area (Å²) in [6, 6.07) is 5.14. The van der Waals surface area contributed by atoms with Crippen LogP contribution >= 0.6 is 0 Å². The smallest absolute Gasteiger partial charge is 0.355 e. The van der Waals surface area contributed by atoms with Gasteiger partial charge in [-0.2, -0.15) is 13.2 Å². The summed E-state index contributed by atoms with van der Waals surface area (Å²) in [4.78, 5) is 19.8. The number of pyridine rings is 1. The minimum absolute atomic E-state index is 0.105. The van der Waals surface area contributed by atoms with E-state index in [-0.39, 0.29) is 18.3 Å². The van der Waals surface area contributed by atoms with Crippen molar-refractivity contribution >= 4 is 11.7 Å². The molecule has 9 heteroatoms. The summed E-state index contributed by atoms with van der Waals surface area (Å²) < 4.78 is 66.8. The van der Waals surface area contributed by atoms with Crippen LogP contribution in [0.5, 0.6) is 0 Å². The molecule has 0 saturated carbocycles. The maximum atomic E-state index is 13.5. The first-order valence-electron chi connectivity index (χ1n) is 9.58. The second kappa shape index (κ2) is 8.57. The predicted molar refractivity (Wildman–Crippen MR) is 102 cm³/mol. The van der Waals surface area contributed by atoms with Crippen LogP contribution in [0.1, 0.15) is 36.9 Å². The van der Waals surface area contributed by atoms with Crippen LogP contribution in [0.3, 0.4) is 0 Å². The molecule has 1 aromatic carbocycles. The Bertz CT molecular complexity index is 918. The third kappa shape index (κ3) is 4.55. The Morgan fingerprint density at radius 3 is 2.63 bits per heavy atom. The number of aromatic nitrogens is 1. The topological polar surface area (TPSA) is 36.4 Å². The fourth-order valence-corrected chi connectivity index (χ4v) is 3.72. The van der Waals surface area contributed by atoms with Crippen molar-refractivity contribution in [2.75, 3.05) is 25.0 Å². The summed E-state index contributed by atoms with van der Waals surface area (Å²) in [5, 5.41) is 0. The van der Waals surface area contributed by atoms with E-state index in [1.165, 1.54) is 28.1 Å². The molecule has 1 saturated heterocycles. The van der Waals surface area contributed by atoms with E-state index in [0.29, 0.717) is 24.9 Å². The molecule has 0 spiro atoms. The second-order valence-corrected chi connectivity index (χ2v) is 7.46. The summed E-state index contributed by atoms with van der Waals surface area (Å²) in [6.45, 7) is 2.16. The van der Waals surface area contributed by atoms with Gasteiger partial charge in [-0.3, -0.25) is 4.79 Å². The van der Waals surface area contributed by atoms with Crippen LogP contribution in [0, 0.1) is 17.6 Å². The van der Waals surface area contributed by atoms with Crippen molar-refractivity contribution in [3.8, 4) is 0 Å². The molecule has 0 aliphatic carbocycles. The number of carbonyl (C=O) groups is 1. The van der Waals surface area contributed by atoms with Crippen molar-refractivity contribution < 1.29 is 26.7 Å². The largest absolute Gasteiger partial charge is 0.419 e. The van der Waals surface area contributed by atoms with Gasteiger partial charge < -0.3 is 9.80 Å². The molecule has 1 amide bonds. The van der Waals surface area contributed by atoms with Crippen LogP contribution in [0.2, 0.25) is 0 Å². The van der Waals surface area contributed by atoms with Gasteiger partial charge in [-0.25, -0.2) is 13.8 Å². The number of hydrogen-bond acceptors (Lipinski definition) is 3. The zero-order valence-electron chi connectivity index (χ0n) is 16.6. The van der Waals surface area contributed by atoms with E-state index in [9.17, 15) is 26.7 Å². The van der Waals surface area contributed by atoms with Crippen molar-refractivity contribution in [3.63, 3.8) is 0 Å². The molecule has 2 atom stereocenters. The van der Waals surface area contributed by atoms with Crippen LogP contribution in [0.25, 0.3) is 0 Å². The predicted octanol–water partition coefficient (Wildman–Crippen LogP) is 4.81. The number of hydrogen-bond donors (Lipinski definition) is 0. The molecule has 1 aliphatic rings. The maximum absolute atomic E-state index is 13.5. The minimum Gasteiger partial charge on any atom is -0.355 e. The molecule has 4 nitrogen and oxygen atoms in total. The van der Waals surface area contributed by atoms with Crippen molar-refractivity contribution in [1.29, 1.82) is 0 Å². The Kier molecular flexibility index (Phi) is 6.28. The van der Waals surface area contributed by atoms with Gasteiger partial charge in [-0.05, 0) is 49.6 Å². The first-order valence-corrected chi connectivity index (χ1v) is 9.58. The lowest BCUT2D eigenvalue weighted by Crippen LogP contribution is -2.45. The van der Waals surface area contributed by atoms with E-state index >= 15 is 0 Å². The molecule has 3 rings (SSSR count). The van der Waals surface area contributed by atoms with Gasteiger partial charge >= 0.3 is 6.18 Å². The van der Waals surface area contributed by atoms with Crippen molar-refractivity contribution in [1.82, 2.24) is 9.88 Å². The molecule has 1 fully saturated rings. The lowest BCUT2D eigenvalue weighted by molar-refractivity contribution is -0.137. The molecule has 0 radical (unpaired) electrons. The van der Waals surface area contributed by atoms with Crippen LogP contribution in [-0.4, -0.2) is 35.9 Å². The average Bonchev–Trinajstić information content (AvgIpc) is 2.73. The fraction of sp³-hybridized carbons (Fsp3) is 0.429. The quantitative estimate of drug-likeness (QED) is 0.657. The van der Waals surface area contributed by atoms with E-state index in [1.54, 1.807) is 14.0 Å². The van der Waals surface area contributed by atoms with E-state index in [0.717, 1.165) is 18.2 Å². The second-order valence-electron chi connectivity index (χ2n) is 7.46. The van der Waals surface area contributed by atoms with E-state index in [2.05, 4.69) is 4.98 Å². The van der Waals surface area contributed by atoms with E-state index in [1.807, 2.05) is 0 Å². The number of benzene rings is 1. The molecule has 30 heavy (non-hydrogen) atoms. The van der Waals surface area contributed by atoms with Gasteiger partial charge in [-0.15, -0.1) is 0 Å². The molecule has 1 aliphatic heterocycles. The number of rotatable bonds is 4. The number of piperidine rings is 1. The highest BCUT2D eigenvalue weighted by atomic mass is 19.4. The molecular weight excluding hydrogens is 405 g/mol. The van der Waals surface area contributed by atoms with Crippen LogP contribution in [0.4, 0.5) is 27.8 Å². The molecule has 0 N–H and O–H groups in total. The van der Waals surface area contributed by atoms with Gasteiger partial charge in [0.05, 0.1) is 17.5 Å². The zero-order valence-corrected chi connectivity index (χ0v) is 16.6. The standard InChI is InChI=1S/C21H22F5N3O/c1-13(14-7-8-17(22)18(23)11-14)28(2)20(30)15-5-4-10-29(12-15)19-16(21(24,25)26)6-3-9-27-19/h3,6-9,11,13,15H,4-5,10,12H2,1-2H3. The van der Waals surface area contributed by atoms with Gasteiger partial charge in [0.2, 0.25) is 5.91 Å². The zero-order chi connectivity index (χ0) is 22.1. The van der Waals surface area contributed by atoms with Crippen molar-refractivity contribution in [2.45, 2.75) is 32.0 Å². The highest BCUT2D eigenvalue weighted by Gasteiger charge is 2.38. The minimum atomic E-state index is -4.54. The highest BCUT2D eigenvalue weighted by molar-refractivity contribution is 5.80. The molecule has 2 aromatic rings. The van der Waals surface area contributed by atoms with Crippen molar-refractivity contribution in [2.24, 2.45) is 5.92 Å². The molecule has 0 bridgehead atoms. The third-order valence-corrected chi connectivity index (χ3v) is 5.52. The molecule has 2 heterocycles. The first kappa shape index (κ1) is 22.0. The van der Waals surface area contributed by atoms with Crippen LogP contribution in [0.15, 0.2) is 36.5 Å². The third-order valence-electron chi connectivity index (χ3n) is 5.52. The summed E-state index contributed by atoms with van der Waals surface area (Å²) in [5.41, 5.74) is -0.400. The Morgan fingerprint density at radius 2 is 1.97 bits per heavy atom. The Morgan fingerprint density at radius 1 is 1.23 bits per heavy atom. The van der Waals surface area contributed by atoms with Gasteiger partial charge in [0.15, 0.2) is 11.6 Å². The van der Waals surface area contributed by atoms with Crippen LogP contribution in [-0.2, 0) is 11.0 Å². The van der Waals surface area contributed by atoms with Crippen LogP contribution < -0.4 is 4.90 Å². The Labute approximate surface area is 171 Å². The Hall–Kier alpha value is -2.71. The first-order chi connectivity index (χ1) is 14.1. The number of carbonyl (C=O) groups excluding carboxylic acids is 1. The van der Waals surface area contributed by atoms with Gasteiger partial charge in [0.25, 0.3) is 0 Å². The number of alkyl halides is 3. The summed E-state index contributed by atoms with van der Waals surface area (Å²) in [7, 11) is 1.55. The lowest BCUT2D eigenvalue weighted by atomic mass is 9.95. The van der Waals surface area contributed by atoms with Gasteiger partial charge in [0, 0.05) is 26.3 Å². The summed E-state index contributed by atoms with van der Waals surface area (Å²) >= 11 is 0. The van der Waals surface area contributed by atoms with Crippen molar-refractivity contribution in [3.05, 3.63) is 59.3 Å². The normalized spacial score (nSPS) is 18.2. The number of nitrogens with zero attached hydrogens (tertiary/aromatic N) is 3. The molecule has 1 aromatic heterocycles. The molecule has 162 valence electrons. The van der Waals surface area contributed by atoms with E-state index in [4.69, 9.17) is 0 Å². The van der Waals surface area contributed by atoms with E-state index < -0.39 is 35.3 Å². The summed E-state index contributed by atoms with van der Waals surface area (Å²) in [6.07, 6.45) is -2.18. The lowest BCUT2D eigenvalue weighted by Gasteiger charge is -2.37. The number of halogens is 5. The Balaban J connectivity index is 1.77. The number of anilines is 1. The molecular formula is C21H22F5N3O. The fourth-order valence-electron chi connectivity index (χ4n) is 3.72. The summed E-state index contributed by atoms with van der Waals surface area (Å²) in [5.74, 6) is -2.95. The maximum Gasteiger partial charge on any atom is 0.419 e. The average molecular weight is 427 g/mol.